The predicted molar refractivity (Wildman–Crippen MR) is 129 cm³/mol. The summed E-state index contributed by atoms with van der Waals surface area (Å²) in [6.07, 6.45) is 0. The zero-order valence-corrected chi connectivity index (χ0v) is 22.1. The van der Waals surface area contributed by atoms with Crippen LogP contribution in [-0.2, 0) is 0 Å². The van der Waals surface area contributed by atoms with Gasteiger partial charge < -0.3 is 0 Å². The molecule has 28 heavy (non-hydrogen) atoms. The molecule has 0 aliphatic rings. The van der Waals surface area contributed by atoms with E-state index in [4.69, 9.17) is 0 Å². The third-order valence-electron chi connectivity index (χ3n) is 6.31. The van der Waals surface area contributed by atoms with Crippen LogP contribution < -0.4 is 13.1 Å². The van der Waals surface area contributed by atoms with E-state index >= 15 is 0 Å². The van der Waals surface area contributed by atoms with Gasteiger partial charge in [0.15, 0.2) is 0 Å². The SMILES string of the molecule is C[NH][Ge@]([CH3])([c]1c(C)cc(C)cc1C)[c]1c(C(C)C)cc(C(C)C)cc1C(C)C. The van der Waals surface area contributed by atoms with Gasteiger partial charge in [-0.3, -0.25) is 0 Å². The van der Waals surface area contributed by atoms with Gasteiger partial charge in [-0.05, 0) is 0 Å². The van der Waals surface area contributed by atoms with Gasteiger partial charge in [-0.2, -0.15) is 0 Å². The topological polar surface area (TPSA) is 12.0 Å². The molecule has 0 spiro atoms. The number of benzene rings is 2. The van der Waals surface area contributed by atoms with Crippen molar-refractivity contribution in [1.29, 1.82) is 0 Å². The molecular formula is C26H41GeN. The van der Waals surface area contributed by atoms with Crippen molar-refractivity contribution in [1.82, 2.24) is 4.27 Å². The average Bonchev–Trinajstić information content (AvgIpc) is 2.59. The molecule has 0 aromatic heterocycles. The Hall–Kier alpha value is -1.06. The van der Waals surface area contributed by atoms with E-state index in [0.29, 0.717) is 17.8 Å². The Labute approximate surface area is 176 Å². The van der Waals surface area contributed by atoms with Crippen LogP contribution in [0.2, 0.25) is 5.76 Å². The van der Waals surface area contributed by atoms with E-state index in [2.05, 4.69) is 104 Å². The fourth-order valence-corrected chi connectivity index (χ4v) is 14.0. The number of nitrogens with one attached hydrogen (secondary N) is 1. The van der Waals surface area contributed by atoms with Crippen LogP contribution in [0, 0.1) is 20.8 Å². The summed E-state index contributed by atoms with van der Waals surface area (Å²) in [4.78, 5) is 0. The van der Waals surface area contributed by atoms with Gasteiger partial charge in [0, 0.05) is 0 Å². The van der Waals surface area contributed by atoms with Crippen LogP contribution in [0.15, 0.2) is 24.3 Å². The Bertz CT molecular complexity index is 795. The van der Waals surface area contributed by atoms with E-state index in [1.165, 1.54) is 22.3 Å². The summed E-state index contributed by atoms with van der Waals surface area (Å²) in [6, 6.07) is 9.76. The minimum absolute atomic E-state index is 0.524. The molecule has 0 amide bonds. The van der Waals surface area contributed by atoms with Gasteiger partial charge in [0.25, 0.3) is 0 Å². The average molecular weight is 440 g/mol. The number of rotatable bonds is 6. The Morgan fingerprint density at radius 1 is 0.679 bits per heavy atom. The van der Waals surface area contributed by atoms with E-state index in [1.807, 2.05) is 0 Å². The molecule has 2 heteroatoms. The van der Waals surface area contributed by atoms with E-state index in [9.17, 15) is 0 Å². The quantitative estimate of drug-likeness (QED) is 0.553. The molecule has 1 atom stereocenters. The van der Waals surface area contributed by atoms with Crippen LogP contribution >= 0.6 is 0 Å². The van der Waals surface area contributed by atoms with Gasteiger partial charge in [0.1, 0.15) is 0 Å². The van der Waals surface area contributed by atoms with Crippen molar-refractivity contribution in [2.45, 2.75) is 85.8 Å². The molecule has 0 heterocycles. The van der Waals surface area contributed by atoms with Gasteiger partial charge in [-0.25, -0.2) is 0 Å². The molecule has 2 aromatic rings. The Balaban J connectivity index is 2.97. The molecule has 154 valence electrons. The maximum atomic E-state index is 3.94. The molecule has 0 bridgehead atoms. The van der Waals surface area contributed by atoms with Gasteiger partial charge in [0.2, 0.25) is 0 Å². The van der Waals surface area contributed by atoms with Crippen molar-refractivity contribution in [2.75, 3.05) is 7.05 Å². The molecule has 0 fully saturated rings. The van der Waals surface area contributed by atoms with Crippen LogP contribution in [0.5, 0.6) is 0 Å². The Kier molecular flexibility index (Phi) is 7.26. The fraction of sp³-hybridized carbons (Fsp3) is 0.538. The van der Waals surface area contributed by atoms with Gasteiger partial charge >= 0.3 is 177 Å². The number of aryl methyl sites for hydroxylation is 3. The molecular weight excluding hydrogens is 399 g/mol. The van der Waals surface area contributed by atoms with Crippen LogP contribution in [0.1, 0.15) is 92.7 Å². The maximum absolute atomic E-state index is 3.94. The summed E-state index contributed by atoms with van der Waals surface area (Å²) in [5.74, 6) is 4.17. The number of hydrogen-bond donors (Lipinski definition) is 1. The first-order chi connectivity index (χ1) is 12.9. The van der Waals surface area contributed by atoms with Crippen LogP contribution in [-0.4, -0.2) is 20.5 Å². The first kappa shape index (κ1) is 23.2. The molecule has 0 saturated heterocycles. The Morgan fingerprint density at radius 3 is 1.43 bits per heavy atom. The molecule has 2 aromatic carbocycles. The molecule has 2 rings (SSSR count). The van der Waals surface area contributed by atoms with E-state index in [1.54, 1.807) is 19.9 Å². The molecule has 0 saturated carbocycles. The zero-order valence-electron chi connectivity index (χ0n) is 20.0. The molecule has 0 aliphatic carbocycles. The summed E-state index contributed by atoms with van der Waals surface area (Å²) in [7, 11) is 2.20. The Morgan fingerprint density at radius 2 is 1.11 bits per heavy atom. The third kappa shape index (κ3) is 4.26. The van der Waals surface area contributed by atoms with Crippen molar-refractivity contribution in [3.8, 4) is 0 Å². The standard InChI is InChI=1S/C26H41GeN/c1-16(2)22-14-23(17(3)4)26(24(15-22)18(5)6)27(10,28-11)25-20(8)12-19(7)13-21(25)9/h12-18,28H,1-11H3/t27-/m1/s1. The van der Waals surface area contributed by atoms with E-state index in [0.717, 1.165) is 0 Å². The summed E-state index contributed by atoms with van der Waals surface area (Å²) in [5, 5.41) is 0. The van der Waals surface area contributed by atoms with Gasteiger partial charge in [-0.1, -0.05) is 0 Å². The molecule has 1 N–H and O–H groups in total. The molecule has 0 aliphatic heterocycles. The molecule has 0 radical (unpaired) electrons. The zero-order chi connectivity index (χ0) is 21.4. The van der Waals surface area contributed by atoms with Crippen molar-refractivity contribution in [3.63, 3.8) is 0 Å². The van der Waals surface area contributed by atoms with Crippen molar-refractivity contribution >= 4 is 22.3 Å². The van der Waals surface area contributed by atoms with Gasteiger partial charge in [0.05, 0.1) is 0 Å². The van der Waals surface area contributed by atoms with Crippen molar-refractivity contribution in [3.05, 3.63) is 57.6 Å². The number of hydrogen-bond acceptors (Lipinski definition) is 1. The molecule has 0 unspecified atom stereocenters. The first-order valence-corrected chi connectivity index (χ1v) is 16.1. The summed E-state index contributed by atoms with van der Waals surface area (Å²) < 4.78 is 7.20. The summed E-state index contributed by atoms with van der Waals surface area (Å²) in [5.41, 5.74) is 8.87. The fourth-order valence-electron chi connectivity index (χ4n) is 4.88. The second-order valence-electron chi connectivity index (χ2n) is 9.69. The van der Waals surface area contributed by atoms with E-state index in [-0.39, 0.29) is 0 Å². The van der Waals surface area contributed by atoms with Crippen LogP contribution in [0.4, 0.5) is 0 Å². The summed E-state index contributed by atoms with van der Waals surface area (Å²) in [6.45, 7) is 20.9. The predicted octanol–water partition coefficient (Wildman–Crippen LogP) is 5.89. The van der Waals surface area contributed by atoms with Gasteiger partial charge in [-0.15, -0.1) is 0 Å². The molecule has 1 nitrogen and oxygen atoms in total. The van der Waals surface area contributed by atoms with Crippen LogP contribution in [0.25, 0.3) is 0 Å². The third-order valence-corrected chi connectivity index (χ3v) is 15.5. The normalized spacial score (nSPS) is 14.2. The van der Waals surface area contributed by atoms with Crippen molar-refractivity contribution < 1.29 is 0 Å². The minimum atomic E-state index is -2.77. The summed E-state index contributed by atoms with van der Waals surface area (Å²) >= 11 is -2.77. The monoisotopic (exact) mass is 441 g/mol. The second-order valence-corrected chi connectivity index (χ2v) is 17.6. The second kappa shape index (κ2) is 8.75. The van der Waals surface area contributed by atoms with Crippen molar-refractivity contribution in [2.24, 2.45) is 0 Å². The van der Waals surface area contributed by atoms with E-state index < -0.39 is 13.5 Å². The first-order valence-electron chi connectivity index (χ1n) is 10.9. The van der Waals surface area contributed by atoms with Crippen LogP contribution in [0.3, 0.4) is 0 Å².